The Morgan fingerprint density at radius 1 is 1.00 bits per heavy atom. The smallest absolute Gasteiger partial charge is 0.280 e. The number of hydrogen-bond acceptors (Lipinski definition) is 6. The molecule has 1 aliphatic heterocycles. The zero-order valence-electron chi connectivity index (χ0n) is 20.7. The minimum Gasteiger partial charge on any atom is -0.361 e. The average Bonchev–Trinajstić information content (AvgIpc) is 3.31. The third-order valence-corrected chi connectivity index (χ3v) is 8.53. The van der Waals surface area contributed by atoms with Crippen molar-refractivity contribution in [3.8, 4) is 0 Å². The van der Waals surface area contributed by atoms with Crippen molar-refractivity contribution < 1.29 is 17.2 Å². The fourth-order valence-corrected chi connectivity index (χ4v) is 5.95. The number of rotatable bonds is 7. The van der Waals surface area contributed by atoms with Gasteiger partial charge in [0, 0.05) is 19.3 Å². The number of nitrogens with one attached hydrogen (secondary N) is 1. The number of hydrogen-bond donors (Lipinski definition) is 1. The van der Waals surface area contributed by atoms with Crippen molar-refractivity contribution in [3.05, 3.63) is 83.8 Å². The molecule has 1 saturated heterocycles. The lowest BCUT2D eigenvalue weighted by Gasteiger charge is -2.38. The molecule has 0 saturated carbocycles. The Hall–Kier alpha value is -3.37. The minimum absolute atomic E-state index is 0.119. The average molecular weight is 526 g/mol. The Morgan fingerprint density at radius 3 is 2.35 bits per heavy atom. The maximum absolute atomic E-state index is 15.2. The lowest BCUT2D eigenvalue weighted by atomic mass is 9.99. The molecule has 0 spiro atoms. The third-order valence-electron chi connectivity index (χ3n) is 6.85. The molecule has 1 atom stereocenters. The van der Waals surface area contributed by atoms with E-state index >= 15 is 8.78 Å². The number of aryl methyl sites for hydroxylation is 2. The van der Waals surface area contributed by atoms with Crippen molar-refractivity contribution >= 4 is 26.9 Å². The van der Waals surface area contributed by atoms with Crippen LogP contribution in [-0.4, -0.2) is 58.9 Å². The molecule has 0 aliphatic carbocycles. The van der Waals surface area contributed by atoms with Crippen LogP contribution >= 0.6 is 0 Å². The van der Waals surface area contributed by atoms with Crippen LogP contribution in [0.25, 0.3) is 11.0 Å². The van der Waals surface area contributed by atoms with Crippen LogP contribution in [0.15, 0.2) is 72.0 Å². The van der Waals surface area contributed by atoms with E-state index in [9.17, 15) is 8.42 Å². The van der Waals surface area contributed by atoms with Gasteiger partial charge in [-0.2, -0.15) is 0 Å². The molecule has 1 N–H and O–H groups in total. The molecule has 0 radical (unpaired) electrons. The highest BCUT2D eigenvalue weighted by atomic mass is 32.2. The highest BCUT2D eigenvalue weighted by molar-refractivity contribution is 7.90. The number of alkyl halides is 2. The second kappa shape index (κ2) is 9.83. The van der Waals surface area contributed by atoms with Gasteiger partial charge in [0.25, 0.3) is 15.9 Å². The van der Waals surface area contributed by atoms with E-state index < -0.39 is 22.0 Å². The highest BCUT2D eigenvalue weighted by Gasteiger charge is 2.44. The first-order valence-corrected chi connectivity index (χ1v) is 13.6. The van der Waals surface area contributed by atoms with Gasteiger partial charge in [0.2, 0.25) is 0 Å². The van der Waals surface area contributed by atoms with E-state index in [0.29, 0.717) is 24.9 Å². The predicted molar refractivity (Wildman–Crippen MR) is 140 cm³/mol. The van der Waals surface area contributed by atoms with Crippen molar-refractivity contribution in [2.24, 2.45) is 0 Å². The summed E-state index contributed by atoms with van der Waals surface area (Å²) in [6.07, 6.45) is 3.52. The maximum Gasteiger partial charge on any atom is 0.280 e. The number of nitrogens with zero attached hydrogens (tertiary/aromatic N) is 4. The zero-order valence-corrected chi connectivity index (χ0v) is 21.5. The number of anilines is 1. The monoisotopic (exact) mass is 525 g/mol. The third kappa shape index (κ3) is 5.21. The van der Waals surface area contributed by atoms with Crippen LogP contribution in [0.4, 0.5) is 14.6 Å². The van der Waals surface area contributed by atoms with Gasteiger partial charge < -0.3 is 5.32 Å². The van der Waals surface area contributed by atoms with Crippen LogP contribution in [0.3, 0.4) is 0 Å². The summed E-state index contributed by atoms with van der Waals surface area (Å²) in [6.45, 7) is 4.62. The molecular weight excluding hydrogens is 496 g/mol. The van der Waals surface area contributed by atoms with E-state index in [1.54, 1.807) is 17.0 Å². The lowest BCUT2D eigenvalue weighted by Crippen LogP contribution is -2.54. The molecule has 2 aromatic heterocycles. The molecule has 1 unspecified atom stereocenters. The summed E-state index contributed by atoms with van der Waals surface area (Å²) in [5.74, 6) is -2.79. The largest absolute Gasteiger partial charge is 0.361 e. The van der Waals surface area contributed by atoms with Gasteiger partial charge in [-0.1, -0.05) is 47.5 Å². The number of halogens is 2. The summed E-state index contributed by atoms with van der Waals surface area (Å²) in [5, 5.41) is 3.26. The number of likely N-dealkylation sites (tertiary alicyclic amines) is 1. The molecule has 5 rings (SSSR count). The number of fused-ring (bicyclic) bond motifs is 1. The summed E-state index contributed by atoms with van der Waals surface area (Å²) in [6, 6.07) is 15.0. The molecule has 194 valence electrons. The van der Waals surface area contributed by atoms with Crippen molar-refractivity contribution in [2.75, 3.05) is 25.0 Å². The van der Waals surface area contributed by atoms with Gasteiger partial charge in [-0.3, -0.25) is 4.90 Å². The van der Waals surface area contributed by atoms with Crippen LogP contribution < -0.4 is 5.32 Å². The molecule has 1 fully saturated rings. The minimum atomic E-state index is -3.91. The van der Waals surface area contributed by atoms with Gasteiger partial charge in [0.15, 0.2) is 5.65 Å². The Balaban J connectivity index is 1.31. The number of benzene rings is 2. The highest BCUT2D eigenvalue weighted by Crippen LogP contribution is 2.32. The Labute approximate surface area is 215 Å². The van der Waals surface area contributed by atoms with Crippen molar-refractivity contribution in [1.82, 2.24) is 18.8 Å². The predicted octanol–water partition coefficient (Wildman–Crippen LogP) is 4.65. The summed E-state index contributed by atoms with van der Waals surface area (Å²) in [7, 11) is -3.91. The van der Waals surface area contributed by atoms with Gasteiger partial charge in [-0.25, -0.2) is 31.1 Å². The fraction of sp³-hybridized carbons (Fsp3) is 0.333. The first kappa shape index (κ1) is 25.3. The summed E-state index contributed by atoms with van der Waals surface area (Å²) < 4.78 is 57.8. The molecular formula is C27H29F2N5O2S. The Kier molecular flexibility index (Phi) is 6.72. The summed E-state index contributed by atoms with van der Waals surface area (Å²) in [5.41, 5.74) is 3.37. The topological polar surface area (TPSA) is 80.1 Å². The molecule has 4 aromatic rings. The second-order valence-electron chi connectivity index (χ2n) is 9.65. The Morgan fingerprint density at radius 2 is 1.68 bits per heavy atom. The number of piperidine rings is 1. The van der Waals surface area contributed by atoms with Crippen LogP contribution in [0, 0.1) is 13.8 Å². The standard InChI is InChI=1S/C27H29F2N5O2S/c1-19-3-7-21(8-4-19)11-14-33-15-13-24(27(28,29)17-33)32-25-23-12-16-34(26(23)31-18-30-25)37(35,36)22-9-5-20(2)6-10-22/h3-10,12,16,18,24H,11,13-15,17H2,1-2H3,(H,30,31,32). The molecule has 0 amide bonds. The molecule has 7 nitrogen and oxygen atoms in total. The zero-order chi connectivity index (χ0) is 26.2. The SMILES string of the molecule is Cc1ccc(CCN2CCC(Nc3ncnc4c3ccn4S(=O)(=O)c3ccc(C)cc3)C(F)(F)C2)cc1. The van der Waals surface area contributed by atoms with E-state index in [4.69, 9.17) is 0 Å². The van der Waals surface area contributed by atoms with Gasteiger partial charge in [0.1, 0.15) is 12.1 Å². The second-order valence-corrected chi connectivity index (χ2v) is 11.5. The number of aromatic nitrogens is 3. The lowest BCUT2D eigenvalue weighted by molar-refractivity contribution is -0.0734. The van der Waals surface area contributed by atoms with Crippen molar-refractivity contribution in [2.45, 2.75) is 43.5 Å². The normalized spacial score (nSPS) is 18.2. The van der Waals surface area contributed by atoms with E-state index in [2.05, 4.69) is 15.3 Å². The molecule has 10 heteroatoms. The van der Waals surface area contributed by atoms with Gasteiger partial charge >= 0.3 is 0 Å². The molecule has 1 aliphatic rings. The quantitative estimate of drug-likeness (QED) is 0.378. The summed E-state index contributed by atoms with van der Waals surface area (Å²) >= 11 is 0. The van der Waals surface area contributed by atoms with Gasteiger partial charge in [0.05, 0.1) is 22.9 Å². The Bertz CT molecular complexity index is 1500. The molecule has 3 heterocycles. The maximum atomic E-state index is 15.2. The van der Waals surface area contributed by atoms with Gasteiger partial charge in [-0.05, 0) is 50.5 Å². The first-order valence-electron chi connectivity index (χ1n) is 12.2. The van der Waals surface area contributed by atoms with Crippen LogP contribution in [0.1, 0.15) is 23.1 Å². The van der Waals surface area contributed by atoms with E-state index in [0.717, 1.165) is 15.1 Å². The molecule has 37 heavy (non-hydrogen) atoms. The van der Waals surface area contributed by atoms with Crippen LogP contribution in [-0.2, 0) is 16.4 Å². The van der Waals surface area contributed by atoms with Crippen LogP contribution in [0.5, 0.6) is 0 Å². The molecule has 0 bridgehead atoms. The van der Waals surface area contributed by atoms with E-state index in [1.165, 1.54) is 36.3 Å². The summed E-state index contributed by atoms with van der Waals surface area (Å²) in [4.78, 5) is 10.2. The fourth-order valence-electron chi connectivity index (χ4n) is 4.65. The van der Waals surface area contributed by atoms with Crippen molar-refractivity contribution in [3.63, 3.8) is 0 Å². The first-order chi connectivity index (χ1) is 17.6. The molecule has 2 aromatic carbocycles. The van der Waals surface area contributed by atoms with E-state index in [-0.39, 0.29) is 29.3 Å². The van der Waals surface area contributed by atoms with Gasteiger partial charge in [-0.15, -0.1) is 0 Å². The van der Waals surface area contributed by atoms with E-state index in [1.807, 2.05) is 38.1 Å². The van der Waals surface area contributed by atoms with Crippen LogP contribution in [0.2, 0.25) is 0 Å². The van der Waals surface area contributed by atoms with Crippen molar-refractivity contribution in [1.29, 1.82) is 0 Å².